The number of halogens is 2. The molecule has 0 aliphatic heterocycles. The number of nitrogens with one attached hydrogen (secondary N) is 1. The molecule has 0 amide bonds. The van der Waals surface area contributed by atoms with E-state index in [2.05, 4.69) is 15.3 Å². The van der Waals surface area contributed by atoms with Crippen LogP contribution in [0.15, 0.2) is 36.4 Å². The molecule has 0 radical (unpaired) electrons. The standard InChI is InChI=1S/C15H12Cl2N4/c1-19-14-10-4-2-8(6-13(10)20-15(18)21-14)11-7-9(16)3-5-12(11)17/h2-7H,1H3,(H3,18,19,20,21). The van der Waals surface area contributed by atoms with Gasteiger partial charge in [0.2, 0.25) is 5.95 Å². The van der Waals surface area contributed by atoms with Gasteiger partial charge in [0, 0.05) is 28.0 Å². The molecule has 0 aliphatic carbocycles. The summed E-state index contributed by atoms with van der Waals surface area (Å²) in [6.07, 6.45) is 0. The number of anilines is 2. The lowest BCUT2D eigenvalue weighted by Crippen LogP contribution is -2.01. The Kier molecular flexibility index (Phi) is 3.57. The zero-order valence-electron chi connectivity index (χ0n) is 11.2. The van der Waals surface area contributed by atoms with Crippen molar-refractivity contribution in [2.75, 3.05) is 18.1 Å². The fourth-order valence-electron chi connectivity index (χ4n) is 2.22. The number of rotatable bonds is 2. The topological polar surface area (TPSA) is 63.8 Å². The normalized spacial score (nSPS) is 10.8. The maximum Gasteiger partial charge on any atom is 0.222 e. The molecular formula is C15H12Cl2N4. The number of aromatic nitrogens is 2. The van der Waals surface area contributed by atoms with Crippen LogP contribution in [0.4, 0.5) is 11.8 Å². The number of nitrogen functional groups attached to an aromatic ring is 1. The number of benzene rings is 2. The smallest absolute Gasteiger partial charge is 0.222 e. The van der Waals surface area contributed by atoms with Gasteiger partial charge < -0.3 is 11.1 Å². The van der Waals surface area contributed by atoms with Gasteiger partial charge in [-0.1, -0.05) is 29.3 Å². The van der Waals surface area contributed by atoms with E-state index in [1.54, 1.807) is 19.2 Å². The van der Waals surface area contributed by atoms with E-state index in [1.807, 2.05) is 24.3 Å². The minimum atomic E-state index is 0.223. The van der Waals surface area contributed by atoms with E-state index in [0.29, 0.717) is 15.9 Å². The molecule has 3 N–H and O–H groups in total. The third-order valence-electron chi connectivity index (χ3n) is 3.19. The van der Waals surface area contributed by atoms with Crippen molar-refractivity contribution in [1.82, 2.24) is 9.97 Å². The summed E-state index contributed by atoms with van der Waals surface area (Å²) in [5, 5.41) is 5.18. The van der Waals surface area contributed by atoms with Crippen molar-refractivity contribution >= 4 is 45.9 Å². The second kappa shape index (κ2) is 5.39. The highest BCUT2D eigenvalue weighted by Crippen LogP contribution is 2.33. The van der Waals surface area contributed by atoms with Gasteiger partial charge >= 0.3 is 0 Å². The van der Waals surface area contributed by atoms with Crippen LogP contribution < -0.4 is 11.1 Å². The second-order valence-electron chi connectivity index (χ2n) is 4.54. The largest absolute Gasteiger partial charge is 0.372 e. The minimum Gasteiger partial charge on any atom is -0.372 e. The molecule has 4 nitrogen and oxygen atoms in total. The van der Waals surface area contributed by atoms with Crippen molar-refractivity contribution in [1.29, 1.82) is 0 Å². The quantitative estimate of drug-likeness (QED) is 0.742. The molecule has 3 aromatic rings. The van der Waals surface area contributed by atoms with Crippen LogP contribution in [-0.2, 0) is 0 Å². The zero-order valence-corrected chi connectivity index (χ0v) is 12.7. The van der Waals surface area contributed by atoms with Gasteiger partial charge in [0.05, 0.1) is 5.52 Å². The predicted molar refractivity (Wildman–Crippen MR) is 89.0 cm³/mol. The van der Waals surface area contributed by atoms with Crippen LogP contribution in [0.25, 0.3) is 22.0 Å². The Labute approximate surface area is 131 Å². The summed E-state index contributed by atoms with van der Waals surface area (Å²) in [6.45, 7) is 0. The lowest BCUT2D eigenvalue weighted by atomic mass is 10.0. The Morgan fingerprint density at radius 3 is 2.62 bits per heavy atom. The number of nitrogens with zero attached hydrogens (tertiary/aromatic N) is 2. The molecule has 6 heteroatoms. The van der Waals surface area contributed by atoms with Gasteiger partial charge in [-0.2, -0.15) is 4.98 Å². The number of hydrogen-bond donors (Lipinski definition) is 2. The maximum atomic E-state index is 6.24. The lowest BCUT2D eigenvalue weighted by Gasteiger charge is -2.09. The van der Waals surface area contributed by atoms with E-state index in [0.717, 1.165) is 22.0 Å². The summed E-state index contributed by atoms with van der Waals surface area (Å²) in [5.74, 6) is 0.919. The number of fused-ring (bicyclic) bond motifs is 1. The van der Waals surface area contributed by atoms with Gasteiger partial charge in [-0.25, -0.2) is 4.98 Å². The molecule has 0 saturated carbocycles. The van der Waals surface area contributed by atoms with Crippen LogP contribution in [0.5, 0.6) is 0 Å². The third-order valence-corrected chi connectivity index (χ3v) is 3.76. The van der Waals surface area contributed by atoms with Crippen molar-refractivity contribution < 1.29 is 0 Å². The van der Waals surface area contributed by atoms with Crippen LogP contribution in [0.2, 0.25) is 10.0 Å². The first-order chi connectivity index (χ1) is 10.1. The van der Waals surface area contributed by atoms with Gasteiger partial charge in [0.25, 0.3) is 0 Å². The average molecular weight is 319 g/mol. The average Bonchev–Trinajstić information content (AvgIpc) is 2.48. The Bertz CT molecular complexity index is 833. The first-order valence-electron chi connectivity index (χ1n) is 6.29. The SMILES string of the molecule is CNc1nc(N)nc2cc(-c3cc(Cl)ccc3Cl)ccc12. The van der Waals surface area contributed by atoms with E-state index in [1.165, 1.54) is 0 Å². The zero-order chi connectivity index (χ0) is 15.0. The van der Waals surface area contributed by atoms with Gasteiger partial charge in [-0.05, 0) is 35.9 Å². The monoisotopic (exact) mass is 318 g/mol. The van der Waals surface area contributed by atoms with Crippen molar-refractivity contribution in [2.24, 2.45) is 0 Å². The lowest BCUT2D eigenvalue weighted by molar-refractivity contribution is 1.22. The molecule has 106 valence electrons. The summed E-state index contributed by atoms with van der Waals surface area (Å²) in [4.78, 5) is 8.44. The molecule has 0 unspecified atom stereocenters. The fraction of sp³-hybridized carbons (Fsp3) is 0.0667. The van der Waals surface area contributed by atoms with Crippen molar-refractivity contribution in [3.05, 3.63) is 46.4 Å². The van der Waals surface area contributed by atoms with E-state index in [-0.39, 0.29) is 5.95 Å². The Morgan fingerprint density at radius 2 is 1.86 bits per heavy atom. The van der Waals surface area contributed by atoms with Crippen molar-refractivity contribution in [3.8, 4) is 11.1 Å². The number of nitrogens with two attached hydrogens (primary N) is 1. The van der Waals surface area contributed by atoms with E-state index in [4.69, 9.17) is 28.9 Å². The highest BCUT2D eigenvalue weighted by atomic mass is 35.5. The molecule has 0 spiro atoms. The van der Waals surface area contributed by atoms with E-state index < -0.39 is 0 Å². The molecule has 0 fully saturated rings. The molecule has 3 rings (SSSR count). The Hall–Kier alpha value is -2.04. The summed E-state index contributed by atoms with van der Waals surface area (Å²) in [5.41, 5.74) is 8.27. The minimum absolute atomic E-state index is 0.223. The van der Waals surface area contributed by atoms with Crippen molar-refractivity contribution in [3.63, 3.8) is 0 Å². The molecule has 1 heterocycles. The molecule has 2 aromatic carbocycles. The second-order valence-corrected chi connectivity index (χ2v) is 5.38. The van der Waals surface area contributed by atoms with Gasteiger partial charge in [0.15, 0.2) is 0 Å². The third kappa shape index (κ3) is 2.60. The Balaban J connectivity index is 2.24. The maximum absolute atomic E-state index is 6.24. The highest BCUT2D eigenvalue weighted by molar-refractivity contribution is 6.35. The predicted octanol–water partition coefficient (Wildman–Crippen LogP) is 4.23. The Morgan fingerprint density at radius 1 is 1.05 bits per heavy atom. The molecule has 0 saturated heterocycles. The van der Waals surface area contributed by atoms with Gasteiger partial charge in [-0.15, -0.1) is 0 Å². The first kappa shape index (κ1) is 13.9. The first-order valence-corrected chi connectivity index (χ1v) is 7.04. The van der Waals surface area contributed by atoms with Crippen LogP contribution in [-0.4, -0.2) is 17.0 Å². The van der Waals surface area contributed by atoms with Crippen molar-refractivity contribution in [2.45, 2.75) is 0 Å². The highest BCUT2D eigenvalue weighted by Gasteiger charge is 2.09. The molecule has 1 aromatic heterocycles. The molecule has 0 atom stereocenters. The van der Waals surface area contributed by atoms with E-state index in [9.17, 15) is 0 Å². The van der Waals surface area contributed by atoms with Crippen LogP contribution >= 0.6 is 23.2 Å². The van der Waals surface area contributed by atoms with Crippen LogP contribution in [0, 0.1) is 0 Å². The summed E-state index contributed by atoms with van der Waals surface area (Å²) in [6, 6.07) is 11.2. The van der Waals surface area contributed by atoms with Gasteiger partial charge in [0.1, 0.15) is 5.82 Å². The number of hydrogen-bond acceptors (Lipinski definition) is 4. The van der Waals surface area contributed by atoms with E-state index >= 15 is 0 Å². The van der Waals surface area contributed by atoms with Gasteiger partial charge in [-0.3, -0.25) is 0 Å². The van der Waals surface area contributed by atoms with Crippen LogP contribution in [0.1, 0.15) is 0 Å². The summed E-state index contributed by atoms with van der Waals surface area (Å²) < 4.78 is 0. The fourth-order valence-corrected chi connectivity index (χ4v) is 2.62. The molecule has 21 heavy (non-hydrogen) atoms. The summed E-state index contributed by atoms with van der Waals surface area (Å²) >= 11 is 12.3. The summed E-state index contributed by atoms with van der Waals surface area (Å²) in [7, 11) is 1.79. The van der Waals surface area contributed by atoms with Crippen LogP contribution in [0.3, 0.4) is 0 Å². The molecule has 0 bridgehead atoms. The molecular weight excluding hydrogens is 307 g/mol. The molecule has 0 aliphatic rings.